The van der Waals surface area contributed by atoms with Crippen molar-refractivity contribution >= 4 is 11.6 Å². The summed E-state index contributed by atoms with van der Waals surface area (Å²) in [5.41, 5.74) is 7.12. The first-order valence-electron chi connectivity index (χ1n) is 5.90. The van der Waals surface area contributed by atoms with Crippen molar-refractivity contribution in [2.24, 2.45) is 5.73 Å². The molecule has 0 aliphatic carbocycles. The number of nitrogens with one attached hydrogen (secondary N) is 2. The first-order chi connectivity index (χ1) is 8.02. The molecule has 0 saturated carbocycles. The molecular formula is C13H21N3O. The molecule has 0 aliphatic rings. The Morgan fingerprint density at radius 1 is 1.35 bits per heavy atom. The molecule has 94 valence electrons. The summed E-state index contributed by atoms with van der Waals surface area (Å²) in [6.07, 6.45) is 0. The van der Waals surface area contributed by atoms with Crippen molar-refractivity contribution in [2.45, 2.75) is 32.9 Å². The number of rotatable bonds is 5. The van der Waals surface area contributed by atoms with Crippen LogP contribution in [0.1, 0.15) is 31.1 Å². The Morgan fingerprint density at radius 2 is 2.06 bits per heavy atom. The van der Waals surface area contributed by atoms with Crippen LogP contribution in [0.2, 0.25) is 0 Å². The Balaban J connectivity index is 2.75. The van der Waals surface area contributed by atoms with Gasteiger partial charge < -0.3 is 16.4 Å². The van der Waals surface area contributed by atoms with Crippen LogP contribution < -0.4 is 16.4 Å². The molecule has 0 radical (unpaired) electrons. The molecule has 1 aromatic carbocycles. The highest BCUT2D eigenvalue weighted by Crippen LogP contribution is 2.11. The highest BCUT2D eigenvalue weighted by atomic mass is 16.1. The van der Waals surface area contributed by atoms with Gasteiger partial charge in [-0.05, 0) is 39.0 Å². The Hall–Kier alpha value is -1.55. The van der Waals surface area contributed by atoms with Crippen LogP contribution in [-0.2, 0) is 0 Å². The fourth-order valence-corrected chi connectivity index (χ4v) is 1.44. The summed E-state index contributed by atoms with van der Waals surface area (Å²) in [5.74, 6) is -0.0518. The van der Waals surface area contributed by atoms with Crippen LogP contribution in [-0.4, -0.2) is 24.5 Å². The van der Waals surface area contributed by atoms with Crippen molar-refractivity contribution in [3.05, 3.63) is 29.8 Å². The van der Waals surface area contributed by atoms with E-state index in [1.807, 2.05) is 39.0 Å². The predicted molar refractivity (Wildman–Crippen MR) is 71.2 cm³/mol. The van der Waals surface area contributed by atoms with E-state index < -0.39 is 0 Å². The van der Waals surface area contributed by atoms with E-state index >= 15 is 0 Å². The normalized spacial score (nSPS) is 12.3. The molecule has 1 atom stereocenters. The van der Waals surface area contributed by atoms with Crippen LogP contribution in [0.5, 0.6) is 0 Å². The number of carbonyl (C=O) groups excluding carboxylic acids is 1. The first kappa shape index (κ1) is 13.5. The molecule has 1 aromatic rings. The molecule has 0 saturated heterocycles. The van der Waals surface area contributed by atoms with E-state index in [0.717, 1.165) is 5.69 Å². The van der Waals surface area contributed by atoms with Crippen LogP contribution in [0.15, 0.2) is 24.3 Å². The average molecular weight is 235 g/mol. The lowest BCUT2D eigenvalue weighted by atomic mass is 10.1. The summed E-state index contributed by atoms with van der Waals surface area (Å²) in [4.78, 5) is 11.8. The zero-order valence-corrected chi connectivity index (χ0v) is 10.7. The van der Waals surface area contributed by atoms with Crippen LogP contribution in [0, 0.1) is 0 Å². The van der Waals surface area contributed by atoms with Crippen molar-refractivity contribution in [3.63, 3.8) is 0 Å². The van der Waals surface area contributed by atoms with Gasteiger partial charge in [-0.2, -0.15) is 0 Å². The molecule has 0 fully saturated rings. The van der Waals surface area contributed by atoms with E-state index in [1.54, 1.807) is 6.07 Å². The molecule has 1 amide bonds. The molecule has 0 bridgehead atoms. The lowest BCUT2D eigenvalue weighted by Gasteiger charge is -2.14. The van der Waals surface area contributed by atoms with Crippen LogP contribution in [0.4, 0.5) is 5.69 Å². The standard InChI is InChI=1S/C13H21N3O/c1-9(2)15-13(17)11-5-4-6-12(7-11)16-10(3)8-14/h4-7,9-10,16H,8,14H2,1-3H3,(H,15,17). The number of nitrogens with two attached hydrogens (primary N) is 1. The molecule has 0 aliphatic heterocycles. The molecule has 1 unspecified atom stereocenters. The Bertz CT molecular complexity index is 377. The van der Waals surface area contributed by atoms with Crippen molar-refractivity contribution in [1.29, 1.82) is 0 Å². The smallest absolute Gasteiger partial charge is 0.251 e. The SMILES string of the molecule is CC(C)NC(=O)c1cccc(NC(C)CN)c1. The molecule has 0 heterocycles. The van der Waals surface area contributed by atoms with Gasteiger partial charge in [0.25, 0.3) is 5.91 Å². The molecular weight excluding hydrogens is 214 g/mol. The van der Waals surface area contributed by atoms with E-state index in [0.29, 0.717) is 12.1 Å². The van der Waals surface area contributed by atoms with Crippen molar-refractivity contribution in [2.75, 3.05) is 11.9 Å². The van der Waals surface area contributed by atoms with E-state index in [1.165, 1.54) is 0 Å². The van der Waals surface area contributed by atoms with Gasteiger partial charge in [0.2, 0.25) is 0 Å². The summed E-state index contributed by atoms with van der Waals surface area (Å²) in [5, 5.41) is 6.10. The fourth-order valence-electron chi connectivity index (χ4n) is 1.44. The van der Waals surface area contributed by atoms with E-state index in [4.69, 9.17) is 5.73 Å². The van der Waals surface area contributed by atoms with E-state index in [9.17, 15) is 4.79 Å². The van der Waals surface area contributed by atoms with Crippen molar-refractivity contribution in [3.8, 4) is 0 Å². The highest BCUT2D eigenvalue weighted by Gasteiger charge is 2.07. The number of benzene rings is 1. The molecule has 0 aromatic heterocycles. The third-order valence-corrected chi connectivity index (χ3v) is 2.31. The lowest BCUT2D eigenvalue weighted by molar-refractivity contribution is 0.0943. The second-order valence-corrected chi connectivity index (χ2v) is 4.49. The first-order valence-corrected chi connectivity index (χ1v) is 5.90. The van der Waals surface area contributed by atoms with Gasteiger partial charge in [-0.25, -0.2) is 0 Å². The summed E-state index contributed by atoms with van der Waals surface area (Å²) in [6, 6.07) is 7.76. The molecule has 4 nitrogen and oxygen atoms in total. The molecule has 4 N–H and O–H groups in total. The Morgan fingerprint density at radius 3 is 2.65 bits per heavy atom. The van der Waals surface area contributed by atoms with Gasteiger partial charge in [0.05, 0.1) is 0 Å². The second kappa shape index (κ2) is 6.25. The van der Waals surface area contributed by atoms with Gasteiger partial charge >= 0.3 is 0 Å². The van der Waals surface area contributed by atoms with E-state index in [-0.39, 0.29) is 18.0 Å². The van der Waals surface area contributed by atoms with Gasteiger partial charge in [0.1, 0.15) is 0 Å². The summed E-state index contributed by atoms with van der Waals surface area (Å²) in [7, 11) is 0. The van der Waals surface area contributed by atoms with Crippen LogP contribution in [0.25, 0.3) is 0 Å². The largest absolute Gasteiger partial charge is 0.381 e. The van der Waals surface area contributed by atoms with Crippen LogP contribution >= 0.6 is 0 Å². The average Bonchev–Trinajstić information content (AvgIpc) is 2.28. The topological polar surface area (TPSA) is 67.2 Å². The fraction of sp³-hybridized carbons (Fsp3) is 0.462. The summed E-state index contributed by atoms with van der Waals surface area (Å²) >= 11 is 0. The third-order valence-electron chi connectivity index (χ3n) is 2.31. The number of hydrogen-bond donors (Lipinski definition) is 3. The van der Waals surface area contributed by atoms with Gasteiger partial charge in [-0.15, -0.1) is 0 Å². The quantitative estimate of drug-likeness (QED) is 0.726. The maximum atomic E-state index is 11.8. The highest BCUT2D eigenvalue weighted by molar-refractivity contribution is 5.95. The van der Waals surface area contributed by atoms with Gasteiger partial charge in [0.15, 0.2) is 0 Å². The number of anilines is 1. The molecule has 1 rings (SSSR count). The van der Waals surface area contributed by atoms with Gasteiger partial charge in [-0.1, -0.05) is 6.07 Å². The summed E-state index contributed by atoms with van der Waals surface area (Å²) in [6.45, 7) is 6.44. The van der Waals surface area contributed by atoms with E-state index in [2.05, 4.69) is 10.6 Å². The minimum Gasteiger partial charge on any atom is -0.381 e. The minimum atomic E-state index is -0.0518. The van der Waals surface area contributed by atoms with Crippen molar-refractivity contribution < 1.29 is 4.79 Å². The molecule has 0 spiro atoms. The molecule has 17 heavy (non-hydrogen) atoms. The zero-order valence-electron chi connectivity index (χ0n) is 10.7. The minimum absolute atomic E-state index is 0.0518. The molecule has 4 heteroatoms. The van der Waals surface area contributed by atoms with Gasteiger partial charge in [0, 0.05) is 29.9 Å². The summed E-state index contributed by atoms with van der Waals surface area (Å²) < 4.78 is 0. The number of hydrogen-bond acceptors (Lipinski definition) is 3. The maximum Gasteiger partial charge on any atom is 0.251 e. The number of carbonyl (C=O) groups is 1. The van der Waals surface area contributed by atoms with Gasteiger partial charge in [-0.3, -0.25) is 4.79 Å². The van der Waals surface area contributed by atoms with Crippen molar-refractivity contribution in [1.82, 2.24) is 5.32 Å². The lowest BCUT2D eigenvalue weighted by Crippen LogP contribution is -2.30. The Labute approximate surface area is 103 Å². The number of amides is 1. The Kier molecular flexibility index (Phi) is 4.97. The van der Waals surface area contributed by atoms with Crippen LogP contribution in [0.3, 0.4) is 0 Å². The monoisotopic (exact) mass is 235 g/mol. The third kappa shape index (κ3) is 4.44. The zero-order chi connectivity index (χ0) is 12.8. The predicted octanol–water partition coefficient (Wildman–Crippen LogP) is 1.58. The maximum absolute atomic E-state index is 11.8. The second-order valence-electron chi connectivity index (χ2n) is 4.49.